The molecule has 2 fully saturated rings. The van der Waals surface area contributed by atoms with Crippen LogP contribution >= 0.6 is 0 Å². The molecule has 0 aromatic carbocycles. The van der Waals surface area contributed by atoms with E-state index in [0.29, 0.717) is 5.92 Å². The molecule has 2 N–H and O–H groups in total. The van der Waals surface area contributed by atoms with Gasteiger partial charge in [0.15, 0.2) is 0 Å². The number of nitrogens with two attached hydrogens (primary N) is 1. The first kappa shape index (κ1) is 10.9. The van der Waals surface area contributed by atoms with Crippen LogP contribution in [-0.2, 0) is 0 Å². The Bertz CT molecular complexity index is 227. The first-order valence-corrected chi connectivity index (χ1v) is 6.27. The Morgan fingerprint density at radius 3 is 2.53 bits per heavy atom. The van der Waals surface area contributed by atoms with Crippen LogP contribution in [-0.4, -0.2) is 36.9 Å². The quantitative estimate of drug-likeness (QED) is 0.552. The van der Waals surface area contributed by atoms with Crippen LogP contribution in [0.3, 0.4) is 0 Å². The average Bonchev–Trinajstić information content (AvgIpc) is 2.93. The van der Waals surface area contributed by atoms with Crippen molar-refractivity contribution >= 4 is 5.84 Å². The van der Waals surface area contributed by atoms with E-state index in [1.807, 2.05) is 0 Å². The van der Waals surface area contributed by atoms with Gasteiger partial charge >= 0.3 is 0 Å². The number of likely N-dealkylation sites (N-methyl/N-ethyl adjacent to an activating group) is 1. The topological polar surface area (TPSA) is 41.6 Å². The Balaban J connectivity index is 1.67. The van der Waals surface area contributed by atoms with Gasteiger partial charge in [0.1, 0.15) is 0 Å². The SMILES string of the molecule is CN(CCN=C(N)C1CCCC1)C1CC1. The lowest BCUT2D eigenvalue weighted by Crippen LogP contribution is -2.26. The number of hydrogen-bond donors (Lipinski definition) is 1. The van der Waals surface area contributed by atoms with E-state index in [9.17, 15) is 0 Å². The molecule has 0 spiro atoms. The van der Waals surface area contributed by atoms with E-state index in [1.165, 1.54) is 38.5 Å². The minimum Gasteiger partial charge on any atom is -0.387 e. The van der Waals surface area contributed by atoms with Crippen LogP contribution in [0.15, 0.2) is 4.99 Å². The summed E-state index contributed by atoms with van der Waals surface area (Å²) in [4.78, 5) is 6.92. The fourth-order valence-electron chi connectivity index (χ4n) is 2.39. The van der Waals surface area contributed by atoms with E-state index >= 15 is 0 Å². The Morgan fingerprint density at radius 2 is 1.93 bits per heavy atom. The van der Waals surface area contributed by atoms with Gasteiger partial charge in [-0.1, -0.05) is 12.8 Å². The van der Waals surface area contributed by atoms with Crippen molar-refractivity contribution in [1.82, 2.24) is 4.90 Å². The van der Waals surface area contributed by atoms with Gasteiger partial charge in [-0.3, -0.25) is 4.99 Å². The summed E-state index contributed by atoms with van der Waals surface area (Å²) >= 11 is 0. The molecule has 0 amide bonds. The molecule has 86 valence electrons. The molecule has 2 aliphatic carbocycles. The number of hydrogen-bond acceptors (Lipinski definition) is 2. The zero-order chi connectivity index (χ0) is 10.7. The zero-order valence-electron chi connectivity index (χ0n) is 9.78. The highest BCUT2D eigenvalue weighted by Gasteiger charge is 2.25. The zero-order valence-corrected chi connectivity index (χ0v) is 9.78. The molecule has 2 saturated carbocycles. The third-order valence-corrected chi connectivity index (χ3v) is 3.69. The van der Waals surface area contributed by atoms with Crippen LogP contribution in [0.1, 0.15) is 38.5 Å². The first-order chi connectivity index (χ1) is 7.27. The van der Waals surface area contributed by atoms with Gasteiger partial charge in [0.05, 0.1) is 12.4 Å². The molecule has 2 rings (SSSR count). The van der Waals surface area contributed by atoms with Crippen molar-refractivity contribution in [1.29, 1.82) is 0 Å². The molecular formula is C12H23N3. The van der Waals surface area contributed by atoms with Crippen molar-refractivity contribution in [3.05, 3.63) is 0 Å². The van der Waals surface area contributed by atoms with Crippen LogP contribution in [0.2, 0.25) is 0 Å². The molecule has 0 heterocycles. The van der Waals surface area contributed by atoms with E-state index in [0.717, 1.165) is 25.0 Å². The van der Waals surface area contributed by atoms with E-state index in [4.69, 9.17) is 5.73 Å². The van der Waals surface area contributed by atoms with Crippen molar-refractivity contribution < 1.29 is 0 Å². The standard InChI is InChI=1S/C12H23N3/c1-15(11-6-7-11)9-8-14-12(13)10-4-2-3-5-10/h10-11H,2-9H2,1H3,(H2,13,14). The largest absolute Gasteiger partial charge is 0.387 e. The van der Waals surface area contributed by atoms with Gasteiger partial charge in [-0.05, 0) is 32.7 Å². The summed E-state index contributed by atoms with van der Waals surface area (Å²) in [6.07, 6.45) is 7.93. The molecule has 0 atom stereocenters. The molecule has 15 heavy (non-hydrogen) atoms. The first-order valence-electron chi connectivity index (χ1n) is 6.27. The lowest BCUT2D eigenvalue weighted by molar-refractivity contribution is 0.333. The number of amidine groups is 1. The van der Waals surface area contributed by atoms with Crippen molar-refractivity contribution in [2.45, 2.75) is 44.6 Å². The molecule has 2 aliphatic rings. The molecule has 0 bridgehead atoms. The van der Waals surface area contributed by atoms with Crippen molar-refractivity contribution in [2.24, 2.45) is 16.6 Å². The second kappa shape index (κ2) is 4.97. The average molecular weight is 209 g/mol. The minimum absolute atomic E-state index is 0.594. The second-order valence-corrected chi connectivity index (χ2v) is 5.00. The minimum atomic E-state index is 0.594. The normalized spacial score (nSPS) is 24.0. The summed E-state index contributed by atoms with van der Waals surface area (Å²) in [5, 5.41) is 0. The van der Waals surface area contributed by atoms with Crippen LogP contribution in [0.5, 0.6) is 0 Å². The lowest BCUT2D eigenvalue weighted by Gasteiger charge is -2.14. The smallest absolute Gasteiger partial charge is 0.0968 e. The van der Waals surface area contributed by atoms with Crippen LogP contribution in [0.25, 0.3) is 0 Å². The lowest BCUT2D eigenvalue weighted by atomic mass is 10.1. The number of rotatable bonds is 5. The predicted octanol–water partition coefficient (Wildman–Crippen LogP) is 1.63. The maximum atomic E-state index is 5.99. The highest BCUT2D eigenvalue weighted by Crippen LogP contribution is 2.25. The van der Waals surface area contributed by atoms with E-state index in [-0.39, 0.29) is 0 Å². The molecule has 0 aromatic heterocycles. The van der Waals surface area contributed by atoms with E-state index in [2.05, 4.69) is 16.9 Å². The summed E-state index contributed by atoms with van der Waals surface area (Å²) in [6, 6.07) is 0.841. The summed E-state index contributed by atoms with van der Waals surface area (Å²) < 4.78 is 0. The molecule has 3 nitrogen and oxygen atoms in total. The fraction of sp³-hybridized carbons (Fsp3) is 0.917. The molecule has 3 heteroatoms. The Morgan fingerprint density at radius 1 is 1.27 bits per heavy atom. The van der Waals surface area contributed by atoms with E-state index in [1.54, 1.807) is 0 Å². The van der Waals surface area contributed by atoms with Crippen LogP contribution < -0.4 is 5.73 Å². The van der Waals surface area contributed by atoms with Gasteiger partial charge in [-0.15, -0.1) is 0 Å². The third kappa shape index (κ3) is 3.20. The molecule has 0 aromatic rings. The van der Waals surface area contributed by atoms with Gasteiger partial charge in [-0.2, -0.15) is 0 Å². The van der Waals surface area contributed by atoms with Crippen molar-refractivity contribution in [3.8, 4) is 0 Å². The maximum absolute atomic E-state index is 5.99. The Hall–Kier alpha value is -0.570. The highest BCUT2D eigenvalue weighted by molar-refractivity contribution is 5.83. The van der Waals surface area contributed by atoms with Gasteiger partial charge < -0.3 is 10.6 Å². The van der Waals surface area contributed by atoms with E-state index < -0.39 is 0 Å². The van der Waals surface area contributed by atoms with Crippen LogP contribution in [0.4, 0.5) is 0 Å². The Kier molecular flexibility index (Phi) is 3.62. The van der Waals surface area contributed by atoms with Gasteiger partial charge in [-0.25, -0.2) is 0 Å². The second-order valence-electron chi connectivity index (χ2n) is 5.00. The van der Waals surface area contributed by atoms with Crippen molar-refractivity contribution in [2.75, 3.05) is 20.1 Å². The summed E-state index contributed by atoms with van der Waals surface area (Å²) in [5.41, 5.74) is 5.99. The third-order valence-electron chi connectivity index (χ3n) is 3.69. The monoisotopic (exact) mass is 209 g/mol. The summed E-state index contributed by atoms with van der Waals surface area (Å²) in [7, 11) is 2.19. The maximum Gasteiger partial charge on any atom is 0.0968 e. The molecule has 0 saturated heterocycles. The fourth-order valence-corrected chi connectivity index (χ4v) is 2.39. The molecule has 0 aliphatic heterocycles. The van der Waals surface area contributed by atoms with Gasteiger partial charge in [0.25, 0.3) is 0 Å². The van der Waals surface area contributed by atoms with Crippen molar-refractivity contribution in [3.63, 3.8) is 0 Å². The highest BCUT2D eigenvalue weighted by atomic mass is 15.2. The predicted molar refractivity (Wildman–Crippen MR) is 64.1 cm³/mol. The molecule has 0 unspecified atom stereocenters. The van der Waals surface area contributed by atoms with Crippen LogP contribution in [0, 0.1) is 5.92 Å². The number of aliphatic imine (C=N–C) groups is 1. The molecule has 0 radical (unpaired) electrons. The summed E-state index contributed by atoms with van der Waals surface area (Å²) in [6.45, 7) is 1.95. The van der Waals surface area contributed by atoms with Gasteiger partial charge in [0.2, 0.25) is 0 Å². The molecular weight excluding hydrogens is 186 g/mol. The van der Waals surface area contributed by atoms with Gasteiger partial charge in [0, 0.05) is 18.5 Å². The number of nitrogens with zero attached hydrogens (tertiary/aromatic N) is 2. The summed E-state index contributed by atoms with van der Waals surface area (Å²) in [5.74, 6) is 1.51. The Labute approximate surface area is 92.7 Å².